The first-order valence-electron chi connectivity index (χ1n) is 8.28. The molecule has 136 valence electrons. The molecule has 4 rings (SSSR count). The number of aliphatic hydroxyl groups excluding tert-OH is 1. The lowest BCUT2D eigenvalue weighted by atomic mass is 10.2. The maximum Gasteiger partial charge on any atom is 0.262 e. The Balaban J connectivity index is 1.51. The third-order valence-electron chi connectivity index (χ3n) is 4.42. The second-order valence-electron chi connectivity index (χ2n) is 6.28. The van der Waals surface area contributed by atoms with Crippen molar-refractivity contribution in [1.29, 1.82) is 0 Å². The molecule has 3 aromatic rings. The molecule has 1 aliphatic carbocycles. The Morgan fingerprint density at radius 1 is 1.35 bits per heavy atom. The molecule has 0 saturated carbocycles. The van der Waals surface area contributed by atoms with Crippen LogP contribution in [0.15, 0.2) is 29.3 Å². The normalized spacial score (nSPS) is 14.6. The fourth-order valence-corrected chi connectivity index (χ4v) is 4.76. The minimum absolute atomic E-state index is 0.00766. The van der Waals surface area contributed by atoms with Crippen molar-refractivity contribution in [2.45, 2.75) is 31.9 Å². The highest BCUT2D eigenvalue weighted by Crippen LogP contribution is 2.34. The Labute approximate surface area is 163 Å². The van der Waals surface area contributed by atoms with Gasteiger partial charge in [-0.3, -0.25) is 9.36 Å². The number of halogens is 2. The van der Waals surface area contributed by atoms with Crippen LogP contribution in [0.2, 0.25) is 10.0 Å². The van der Waals surface area contributed by atoms with Crippen LogP contribution in [0, 0.1) is 0 Å². The van der Waals surface area contributed by atoms with Crippen LogP contribution >= 0.6 is 34.5 Å². The second-order valence-corrected chi connectivity index (χ2v) is 8.21. The molecule has 0 saturated heterocycles. The van der Waals surface area contributed by atoms with Crippen molar-refractivity contribution in [3.05, 3.63) is 55.4 Å². The zero-order valence-electron chi connectivity index (χ0n) is 13.7. The second kappa shape index (κ2) is 7.19. The summed E-state index contributed by atoms with van der Waals surface area (Å²) in [5, 5.41) is 11.9. The number of hydrogen-bond donors (Lipinski definition) is 1. The summed E-state index contributed by atoms with van der Waals surface area (Å²) in [6.45, 7) is 0.0941. The van der Waals surface area contributed by atoms with Crippen molar-refractivity contribution in [2.75, 3.05) is 6.61 Å². The van der Waals surface area contributed by atoms with E-state index in [4.69, 9.17) is 27.9 Å². The van der Waals surface area contributed by atoms with Gasteiger partial charge in [-0.1, -0.05) is 23.2 Å². The number of hydrogen-bond acceptors (Lipinski definition) is 5. The Hall–Kier alpha value is -1.60. The van der Waals surface area contributed by atoms with E-state index in [1.807, 2.05) is 0 Å². The van der Waals surface area contributed by atoms with E-state index in [0.29, 0.717) is 21.2 Å². The molecular formula is C18H16Cl2N2O3S. The predicted molar refractivity (Wildman–Crippen MR) is 104 cm³/mol. The van der Waals surface area contributed by atoms with Gasteiger partial charge in [-0.25, -0.2) is 4.98 Å². The minimum atomic E-state index is -0.881. The molecule has 2 heterocycles. The summed E-state index contributed by atoms with van der Waals surface area (Å²) in [6.07, 6.45) is 3.64. The van der Waals surface area contributed by atoms with Gasteiger partial charge in [-0.2, -0.15) is 0 Å². The number of benzene rings is 1. The highest BCUT2D eigenvalue weighted by Gasteiger charge is 2.21. The average molecular weight is 411 g/mol. The van der Waals surface area contributed by atoms with Gasteiger partial charge in [-0.15, -0.1) is 11.3 Å². The van der Waals surface area contributed by atoms with Crippen LogP contribution in [0.1, 0.15) is 16.9 Å². The van der Waals surface area contributed by atoms with Gasteiger partial charge in [0.1, 0.15) is 23.3 Å². The summed E-state index contributed by atoms with van der Waals surface area (Å²) in [6, 6.07) is 4.88. The van der Waals surface area contributed by atoms with E-state index in [9.17, 15) is 9.90 Å². The molecule has 0 spiro atoms. The lowest BCUT2D eigenvalue weighted by Crippen LogP contribution is -2.30. The molecular weight excluding hydrogens is 395 g/mol. The number of aromatic nitrogens is 2. The lowest BCUT2D eigenvalue weighted by molar-refractivity contribution is 0.0915. The molecule has 26 heavy (non-hydrogen) atoms. The molecule has 0 radical (unpaired) electrons. The van der Waals surface area contributed by atoms with Crippen LogP contribution in [0.25, 0.3) is 10.2 Å². The quantitative estimate of drug-likeness (QED) is 0.696. The molecule has 0 fully saturated rings. The zero-order valence-corrected chi connectivity index (χ0v) is 16.1. The van der Waals surface area contributed by atoms with Gasteiger partial charge in [-0.05, 0) is 37.0 Å². The molecule has 1 atom stereocenters. The molecule has 8 heteroatoms. The van der Waals surface area contributed by atoms with Crippen molar-refractivity contribution < 1.29 is 9.84 Å². The van der Waals surface area contributed by atoms with Gasteiger partial charge in [0, 0.05) is 16.0 Å². The number of thiophene rings is 1. The van der Waals surface area contributed by atoms with Crippen molar-refractivity contribution in [3.8, 4) is 5.75 Å². The van der Waals surface area contributed by atoms with E-state index in [1.165, 1.54) is 15.8 Å². The fraction of sp³-hybridized carbons (Fsp3) is 0.333. The van der Waals surface area contributed by atoms with Gasteiger partial charge >= 0.3 is 0 Å². The fourth-order valence-electron chi connectivity index (χ4n) is 3.20. The lowest BCUT2D eigenvalue weighted by Gasteiger charge is -2.14. The maximum atomic E-state index is 12.8. The number of aliphatic hydroxyl groups is 1. The topological polar surface area (TPSA) is 64.4 Å². The maximum absolute atomic E-state index is 12.8. The van der Waals surface area contributed by atoms with Gasteiger partial charge in [0.05, 0.1) is 23.3 Å². The van der Waals surface area contributed by atoms with Gasteiger partial charge in [0.15, 0.2) is 0 Å². The monoisotopic (exact) mass is 410 g/mol. The molecule has 0 aliphatic heterocycles. The van der Waals surface area contributed by atoms with E-state index in [1.54, 1.807) is 29.5 Å². The third kappa shape index (κ3) is 3.34. The summed E-state index contributed by atoms with van der Waals surface area (Å²) in [5.41, 5.74) is 1.03. The van der Waals surface area contributed by atoms with Crippen LogP contribution < -0.4 is 10.3 Å². The number of ether oxygens (including phenoxy) is 1. The summed E-state index contributed by atoms with van der Waals surface area (Å²) in [5.74, 6) is 0.398. The molecule has 1 unspecified atom stereocenters. The molecule has 1 aliphatic rings. The standard InChI is InChI=1S/C18H16Cl2N2O3S/c19-10-4-5-13(20)14(6-10)25-8-11(23)7-22-9-21-17-16(18(22)24)12-2-1-3-15(12)26-17/h4-6,9,11,23H,1-3,7-8H2. The van der Waals surface area contributed by atoms with Crippen molar-refractivity contribution in [1.82, 2.24) is 9.55 Å². The van der Waals surface area contributed by atoms with E-state index in [0.717, 1.165) is 29.7 Å². The summed E-state index contributed by atoms with van der Waals surface area (Å²) < 4.78 is 6.98. The molecule has 5 nitrogen and oxygen atoms in total. The summed E-state index contributed by atoms with van der Waals surface area (Å²) >= 11 is 13.6. The first kappa shape index (κ1) is 17.8. The number of fused-ring (bicyclic) bond motifs is 3. The van der Waals surface area contributed by atoms with E-state index in [2.05, 4.69) is 4.98 Å². The number of rotatable bonds is 5. The highest BCUT2D eigenvalue weighted by molar-refractivity contribution is 7.18. The first-order chi connectivity index (χ1) is 12.5. The Bertz CT molecular complexity index is 1030. The molecule has 0 amide bonds. The molecule has 2 aromatic heterocycles. The van der Waals surface area contributed by atoms with Crippen LogP contribution in [-0.2, 0) is 19.4 Å². The minimum Gasteiger partial charge on any atom is -0.489 e. The van der Waals surface area contributed by atoms with Crippen LogP contribution in [0.4, 0.5) is 0 Å². The number of nitrogens with zero attached hydrogens (tertiary/aromatic N) is 2. The Morgan fingerprint density at radius 2 is 2.19 bits per heavy atom. The van der Waals surface area contributed by atoms with Crippen molar-refractivity contribution in [3.63, 3.8) is 0 Å². The van der Waals surface area contributed by atoms with Gasteiger partial charge in [0.25, 0.3) is 5.56 Å². The zero-order chi connectivity index (χ0) is 18.3. The van der Waals surface area contributed by atoms with Crippen LogP contribution in [-0.4, -0.2) is 27.4 Å². The van der Waals surface area contributed by atoms with Crippen molar-refractivity contribution >= 4 is 44.8 Å². The van der Waals surface area contributed by atoms with Gasteiger partial charge < -0.3 is 9.84 Å². The summed E-state index contributed by atoms with van der Waals surface area (Å²) in [7, 11) is 0. The average Bonchev–Trinajstić information content (AvgIpc) is 3.19. The molecule has 1 N–H and O–H groups in total. The van der Waals surface area contributed by atoms with E-state index in [-0.39, 0.29) is 18.7 Å². The summed E-state index contributed by atoms with van der Waals surface area (Å²) in [4.78, 5) is 19.2. The molecule has 0 bridgehead atoms. The van der Waals surface area contributed by atoms with Crippen LogP contribution in [0.5, 0.6) is 5.75 Å². The number of aryl methyl sites for hydroxylation is 2. The van der Waals surface area contributed by atoms with E-state index < -0.39 is 6.10 Å². The third-order valence-corrected chi connectivity index (χ3v) is 6.17. The van der Waals surface area contributed by atoms with Crippen LogP contribution in [0.3, 0.4) is 0 Å². The van der Waals surface area contributed by atoms with Crippen molar-refractivity contribution in [2.24, 2.45) is 0 Å². The Kier molecular flexibility index (Phi) is 4.92. The van der Waals surface area contributed by atoms with Gasteiger partial charge in [0.2, 0.25) is 0 Å². The first-order valence-corrected chi connectivity index (χ1v) is 9.86. The van der Waals surface area contributed by atoms with E-state index >= 15 is 0 Å². The Morgan fingerprint density at radius 3 is 3.04 bits per heavy atom. The smallest absolute Gasteiger partial charge is 0.262 e. The predicted octanol–water partition coefficient (Wildman–Crippen LogP) is 3.69. The highest BCUT2D eigenvalue weighted by atomic mass is 35.5. The molecule has 1 aromatic carbocycles. The SMILES string of the molecule is O=c1c2c3c(sc2ncn1CC(O)COc1cc(Cl)ccc1Cl)CCC3. The largest absolute Gasteiger partial charge is 0.489 e.